The first-order valence-corrected chi connectivity index (χ1v) is 4.93. The summed E-state index contributed by atoms with van der Waals surface area (Å²) in [7, 11) is 0. The highest BCUT2D eigenvalue weighted by Crippen LogP contribution is 2.30. The van der Waals surface area contributed by atoms with Crippen LogP contribution in [-0.4, -0.2) is 9.78 Å². The number of benzene rings is 1. The maximum atomic E-state index is 12.4. The van der Waals surface area contributed by atoms with Crippen molar-refractivity contribution in [2.75, 3.05) is 5.73 Å². The molecule has 17 heavy (non-hydrogen) atoms. The SMILES string of the molecule is Nc1ccc(-n2cc(C(F)(F)F)cn2)c(Cl)c1. The van der Waals surface area contributed by atoms with Crippen LogP contribution in [0.25, 0.3) is 5.69 Å². The van der Waals surface area contributed by atoms with Crippen molar-refractivity contribution < 1.29 is 13.2 Å². The van der Waals surface area contributed by atoms with E-state index in [0.717, 1.165) is 17.1 Å². The normalized spacial score (nSPS) is 11.8. The number of halogens is 4. The van der Waals surface area contributed by atoms with Crippen LogP contribution < -0.4 is 5.73 Å². The molecule has 0 unspecified atom stereocenters. The fourth-order valence-corrected chi connectivity index (χ4v) is 1.59. The van der Waals surface area contributed by atoms with Crippen LogP contribution in [0, 0.1) is 0 Å². The third-order valence-corrected chi connectivity index (χ3v) is 2.43. The number of hydrogen-bond acceptors (Lipinski definition) is 2. The van der Waals surface area contributed by atoms with E-state index in [4.69, 9.17) is 17.3 Å². The van der Waals surface area contributed by atoms with E-state index in [1.165, 1.54) is 18.2 Å². The summed E-state index contributed by atoms with van der Waals surface area (Å²) < 4.78 is 38.2. The summed E-state index contributed by atoms with van der Waals surface area (Å²) in [5.41, 5.74) is 5.43. The maximum absolute atomic E-state index is 12.4. The quantitative estimate of drug-likeness (QED) is 0.802. The van der Waals surface area contributed by atoms with Gasteiger partial charge in [-0.2, -0.15) is 18.3 Å². The van der Waals surface area contributed by atoms with E-state index in [1.807, 2.05) is 0 Å². The van der Waals surface area contributed by atoms with Crippen molar-refractivity contribution in [2.24, 2.45) is 0 Å². The molecule has 0 atom stereocenters. The summed E-state index contributed by atoms with van der Waals surface area (Å²) in [5.74, 6) is 0. The van der Waals surface area contributed by atoms with Crippen molar-refractivity contribution >= 4 is 17.3 Å². The minimum Gasteiger partial charge on any atom is -0.399 e. The number of anilines is 1. The predicted octanol–water partition coefficient (Wildman–Crippen LogP) is 3.13. The third-order valence-electron chi connectivity index (χ3n) is 2.13. The summed E-state index contributed by atoms with van der Waals surface area (Å²) in [5, 5.41) is 3.85. The molecule has 90 valence electrons. The van der Waals surface area contributed by atoms with Gasteiger partial charge in [0.05, 0.1) is 22.5 Å². The second-order valence-corrected chi connectivity index (χ2v) is 3.79. The number of nitrogens with zero attached hydrogens (tertiary/aromatic N) is 2. The lowest BCUT2D eigenvalue weighted by molar-refractivity contribution is -0.137. The molecular formula is C10H7ClF3N3. The number of aromatic nitrogens is 2. The van der Waals surface area contributed by atoms with E-state index < -0.39 is 11.7 Å². The van der Waals surface area contributed by atoms with Gasteiger partial charge in [0.25, 0.3) is 0 Å². The molecule has 7 heteroatoms. The van der Waals surface area contributed by atoms with Gasteiger partial charge < -0.3 is 5.73 Å². The van der Waals surface area contributed by atoms with Crippen molar-refractivity contribution in [2.45, 2.75) is 6.18 Å². The number of alkyl halides is 3. The minimum absolute atomic E-state index is 0.238. The molecule has 0 radical (unpaired) electrons. The van der Waals surface area contributed by atoms with Crippen molar-refractivity contribution in [1.82, 2.24) is 9.78 Å². The summed E-state index contributed by atoms with van der Waals surface area (Å²) >= 11 is 5.87. The van der Waals surface area contributed by atoms with Crippen LogP contribution in [-0.2, 0) is 6.18 Å². The van der Waals surface area contributed by atoms with Crippen LogP contribution in [0.3, 0.4) is 0 Å². The fourth-order valence-electron chi connectivity index (χ4n) is 1.31. The van der Waals surface area contributed by atoms with Crippen LogP contribution >= 0.6 is 11.6 Å². The highest BCUT2D eigenvalue weighted by atomic mass is 35.5. The highest BCUT2D eigenvalue weighted by Gasteiger charge is 2.32. The smallest absolute Gasteiger partial charge is 0.399 e. The van der Waals surface area contributed by atoms with Crippen LogP contribution in [0.5, 0.6) is 0 Å². The van der Waals surface area contributed by atoms with Gasteiger partial charge in [0.2, 0.25) is 0 Å². The van der Waals surface area contributed by atoms with Crippen LogP contribution in [0.15, 0.2) is 30.6 Å². The Morgan fingerprint density at radius 1 is 1.29 bits per heavy atom. The largest absolute Gasteiger partial charge is 0.419 e. The molecule has 2 N–H and O–H groups in total. The molecule has 0 fully saturated rings. The van der Waals surface area contributed by atoms with Gasteiger partial charge in [0.15, 0.2) is 0 Å². The molecule has 2 aromatic rings. The first kappa shape index (κ1) is 11.8. The zero-order chi connectivity index (χ0) is 12.6. The zero-order valence-electron chi connectivity index (χ0n) is 8.37. The molecule has 0 amide bonds. The second-order valence-electron chi connectivity index (χ2n) is 3.38. The Morgan fingerprint density at radius 2 is 2.00 bits per heavy atom. The molecule has 1 aromatic heterocycles. The highest BCUT2D eigenvalue weighted by molar-refractivity contribution is 6.32. The molecule has 0 aliphatic carbocycles. The van der Waals surface area contributed by atoms with Crippen molar-refractivity contribution in [1.29, 1.82) is 0 Å². The topological polar surface area (TPSA) is 43.8 Å². The maximum Gasteiger partial charge on any atom is 0.419 e. The van der Waals surface area contributed by atoms with E-state index in [1.54, 1.807) is 0 Å². The Bertz CT molecular complexity index is 548. The molecular weight excluding hydrogens is 255 g/mol. The van der Waals surface area contributed by atoms with E-state index >= 15 is 0 Å². The molecule has 0 saturated heterocycles. The first-order chi connectivity index (χ1) is 7.88. The number of rotatable bonds is 1. The molecule has 1 aromatic carbocycles. The van der Waals surface area contributed by atoms with Crippen LogP contribution in [0.4, 0.5) is 18.9 Å². The summed E-state index contributed by atoms with van der Waals surface area (Å²) in [6, 6.07) is 4.49. The summed E-state index contributed by atoms with van der Waals surface area (Å²) in [6.07, 6.45) is -2.80. The molecule has 0 saturated carbocycles. The lowest BCUT2D eigenvalue weighted by Crippen LogP contribution is -2.03. The van der Waals surface area contributed by atoms with Gasteiger partial charge in [0, 0.05) is 11.9 Å². The third kappa shape index (κ3) is 2.36. The number of nitrogens with two attached hydrogens (primary N) is 1. The van der Waals surface area contributed by atoms with Gasteiger partial charge in [-0.1, -0.05) is 11.6 Å². The molecule has 0 spiro atoms. The molecule has 0 aliphatic heterocycles. The Hall–Kier alpha value is -1.69. The van der Waals surface area contributed by atoms with E-state index in [0.29, 0.717) is 11.4 Å². The monoisotopic (exact) mass is 261 g/mol. The van der Waals surface area contributed by atoms with Crippen molar-refractivity contribution in [3.8, 4) is 5.69 Å². The summed E-state index contributed by atoms with van der Waals surface area (Å²) in [4.78, 5) is 0. The standard InChI is InChI=1S/C10H7ClF3N3/c11-8-3-7(15)1-2-9(8)17-5-6(4-16-17)10(12,13)14/h1-5H,15H2. The van der Waals surface area contributed by atoms with Crippen LogP contribution in [0.2, 0.25) is 5.02 Å². The average molecular weight is 262 g/mol. The van der Waals surface area contributed by atoms with Gasteiger partial charge in [-0.15, -0.1) is 0 Å². The van der Waals surface area contributed by atoms with Gasteiger partial charge in [-0.05, 0) is 18.2 Å². The molecule has 2 rings (SSSR count). The molecule has 0 bridgehead atoms. The Balaban J connectivity index is 2.44. The van der Waals surface area contributed by atoms with Crippen molar-refractivity contribution in [3.63, 3.8) is 0 Å². The Morgan fingerprint density at radius 3 is 2.53 bits per heavy atom. The Kier molecular flexibility index (Phi) is 2.74. The van der Waals surface area contributed by atoms with E-state index in [-0.39, 0.29) is 5.02 Å². The lowest BCUT2D eigenvalue weighted by atomic mass is 10.3. The fraction of sp³-hybridized carbons (Fsp3) is 0.100. The van der Waals surface area contributed by atoms with Crippen molar-refractivity contribution in [3.05, 3.63) is 41.2 Å². The zero-order valence-corrected chi connectivity index (χ0v) is 9.13. The number of nitrogen functional groups attached to an aromatic ring is 1. The average Bonchev–Trinajstić information content (AvgIpc) is 2.65. The summed E-state index contributed by atoms with van der Waals surface area (Å²) in [6.45, 7) is 0. The second kappa shape index (κ2) is 3.96. The van der Waals surface area contributed by atoms with E-state index in [2.05, 4.69) is 5.10 Å². The van der Waals surface area contributed by atoms with Gasteiger partial charge in [-0.3, -0.25) is 0 Å². The van der Waals surface area contributed by atoms with Gasteiger partial charge in [-0.25, -0.2) is 4.68 Å². The lowest BCUT2D eigenvalue weighted by Gasteiger charge is -2.05. The number of hydrogen-bond donors (Lipinski definition) is 1. The van der Waals surface area contributed by atoms with Crippen LogP contribution in [0.1, 0.15) is 5.56 Å². The van der Waals surface area contributed by atoms with E-state index in [9.17, 15) is 13.2 Å². The molecule has 0 aliphatic rings. The first-order valence-electron chi connectivity index (χ1n) is 4.55. The molecule has 3 nitrogen and oxygen atoms in total. The minimum atomic E-state index is -4.42. The Labute approximate surface area is 99.6 Å². The van der Waals surface area contributed by atoms with Gasteiger partial charge >= 0.3 is 6.18 Å². The van der Waals surface area contributed by atoms with Gasteiger partial charge in [0.1, 0.15) is 0 Å². The predicted molar refractivity (Wildman–Crippen MR) is 58.0 cm³/mol. The molecule has 1 heterocycles.